The average Bonchev–Trinajstić information content (AvgIpc) is 2.96. The third-order valence-corrected chi connectivity index (χ3v) is 6.34. The number of hydrazine groups is 1. The number of benzene rings is 5. The predicted molar refractivity (Wildman–Crippen MR) is 147 cm³/mol. The lowest BCUT2D eigenvalue weighted by atomic mass is 9.82. The Morgan fingerprint density at radius 1 is 0.632 bits per heavy atom. The van der Waals surface area contributed by atoms with Crippen molar-refractivity contribution in [3.63, 3.8) is 0 Å². The van der Waals surface area contributed by atoms with Gasteiger partial charge in [-0.25, -0.2) is 0 Å². The normalized spacial score (nSPS) is 11.9. The quantitative estimate of drug-likeness (QED) is 0.238. The molecule has 0 fully saturated rings. The molecule has 0 heterocycles. The monoisotopic (exact) mass is 498 g/mol. The minimum atomic E-state index is -0.423. The van der Waals surface area contributed by atoms with Gasteiger partial charge in [0.2, 0.25) is 0 Å². The fourth-order valence-electron chi connectivity index (χ4n) is 4.62. The number of hydrogen-bond acceptors (Lipinski definition) is 6. The summed E-state index contributed by atoms with van der Waals surface area (Å²) in [5.41, 5.74) is 5.66. The average molecular weight is 499 g/mol. The van der Waals surface area contributed by atoms with Crippen molar-refractivity contribution in [2.75, 3.05) is 10.4 Å². The van der Waals surface area contributed by atoms with E-state index in [1.54, 1.807) is 41.4 Å². The van der Waals surface area contributed by atoms with E-state index in [0.717, 1.165) is 5.69 Å². The summed E-state index contributed by atoms with van der Waals surface area (Å²) in [6.07, 6.45) is 0. The first-order chi connectivity index (χ1) is 18.6. The van der Waals surface area contributed by atoms with Crippen LogP contribution in [0, 0.1) is 0 Å². The number of phenols is 1. The van der Waals surface area contributed by atoms with E-state index in [1.165, 1.54) is 6.07 Å². The minimum absolute atomic E-state index is 0.0556. The molecule has 0 aromatic heterocycles. The Bertz CT molecular complexity index is 1650. The second-order valence-corrected chi connectivity index (χ2v) is 8.76. The first-order valence-corrected chi connectivity index (χ1v) is 12.1. The third-order valence-electron chi connectivity index (χ3n) is 6.34. The Balaban J connectivity index is 1.65. The zero-order chi connectivity index (χ0) is 26.1. The molecule has 0 amide bonds. The molecule has 6 nitrogen and oxygen atoms in total. The molecule has 38 heavy (non-hydrogen) atoms. The maximum Gasteiger partial charge on any atom is 0.198 e. The third kappa shape index (κ3) is 4.04. The number of rotatable bonds is 6. The van der Waals surface area contributed by atoms with Gasteiger partial charge in [0.1, 0.15) is 17.2 Å². The molecule has 0 unspecified atom stereocenters. The Morgan fingerprint density at radius 3 is 1.79 bits per heavy atom. The van der Waals surface area contributed by atoms with Crippen molar-refractivity contribution in [1.82, 2.24) is 0 Å². The van der Waals surface area contributed by atoms with Crippen LogP contribution in [0.1, 0.15) is 31.8 Å². The molecule has 5 aromatic carbocycles. The van der Waals surface area contributed by atoms with Gasteiger partial charge in [0.15, 0.2) is 17.3 Å². The van der Waals surface area contributed by atoms with Crippen molar-refractivity contribution < 1.29 is 19.4 Å². The van der Waals surface area contributed by atoms with Crippen LogP contribution in [0.2, 0.25) is 0 Å². The number of hydrogen-bond donors (Lipinski definition) is 2. The molecule has 0 atom stereocenters. The number of carbonyl (C=O) groups excluding carboxylic acids is 2. The van der Waals surface area contributed by atoms with Crippen molar-refractivity contribution in [2.45, 2.75) is 0 Å². The van der Waals surface area contributed by atoms with E-state index >= 15 is 0 Å². The topological polar surface area (TPSA) is 78.9 Å². The number of ether oxygens (including phenoxy) is 1. The van der Waals surface area contributed by atoms with Crippen LogP contribution in [-0.4, -0.2) is 16.7 Å². The number of para-hydroxylation sites is 3. The fraction of sp³-hybridized carbons (Fsp3) is 0. The number of anilines is 3. The van der Waals surface area contributed by atoms with E-state index in [-0.39, 0.29) is 39.5 Å². The largest absolute Gasteiger partial charge is 0.507 e. The van der Waals surface area contributed by atoms with Crippen LogP contribution >= 0.6 is 0 Å². The molecule has 0 saturated heterocycles. The first-order valence-electron chi connectivity index (χ1n) is 12.1. The number of nitrogens with zero attached hydrogens (tertiary/aromatic N) is 1. The molecule has 0 radical (unpaired) electrons. The maximum atomic E-state index is 14.0. The van der Waals surface area contributed by atoms with Gasteiger partial charge in [-0.05, 0) is 36.4 Å². The molecule has 0 saturated carbocycles. The lowest BCUT2D eigenvalue weighted by Crippen LogP contribution is -2.30. The van der Waals surface area contributed by atoms with Crippen LogP contribution in [0.3, 0.4) is 0 Å². The van der Waals surface area contributed by atoms with Gasteiger partial charge in [-0.1, -0.05) is 78.9 Å². The van der Waals surface area contributed by atoms with Crippen LogP contribution in [0.5, 0.6) is 17.2 Å². The maximum absolute atomic E-state index is 14.0. The zero-order valence-electron chi connectivity index (χ0n) is 20.2. The van der Waals surface area contributed by atoms with Crippen LogP contribution < -0.4 is 15.2 Å². The van der Waals surface area contributed by atoms with Crippen LogP contribution in [-0.2, 0) is 0 Å². The van der Waals surface area contributed by atoms with Gasteiger partial charge < -0.3 is 9.84 Å². The second kappa shape index (κ2) is 9.59. The molecule has 6 rings (SSSR count). The van der Waals surface area contributed by atoms with E-state index in [4.69, 9.17) is 4.74 Å². The molecule has 1 aliphatic rings. The highest BCUT2D eigenvalue weighted by Gasteiger charge is 2.38. The molecule has 0 spiro atoms. The van der Waals surface area contributed by atoms with Gasteiger partial charge in [-0.2, -0.15) is 0 Å². The molecule has 5 aromatic rings. The highest BCUT2D eigenvalue weighted by molar-refractivity contribution is 6.31. The smallest absolute Gasteiger partial charge is 0.198 e. The lowest BCUT2D eigenvalue weighted by Gasteiger charge is -2.32. The van der Waals surface area contributed by atoms with E-state index < -0.39 is 5.78 Å². The van der Waals surface area contributed by atoms with Gasteiger partial charge in [0.05, 0.1) is 22.5 Å². The Labute approximate surface area is 219 Å². The zero-order valence-corrected chi connectivity index (χ0v) is 20.2. The Hall–Kier alpha value is -5.36. The molecule has 0 bridgehead atoms. The summed E-state index contributed by atoms with van der Waals surface area (Å²) < 4.78 is 6.26. The summed E-state index contributed by atoms with van der Waals surface area (Å²) in [6, 6.07) is 36.0. The Morgan fingerprint density at radius 2 is 1.16 bits per heavy atom. The number of ketones is 2. The van der Waals surface area contributed by atoms with Gasteiger partial charge >= 0.3 is 0 Å². The van der Waals surface area contributed by atoms with Gasteiger partial charge in [0, 0.05) is 17.2 Å². The first kappa shape index (κ1) is 23.1. The van der Waals surface area contributed by atoms with E-state index in [2.05, 4.69) is 5.43 Å². The van der Waals surface area contributed by atoms with Crippen molar-refractivity contribution in [3.8, 4) is 17.2 Å². The van der Waals surface area contributed by atoms with Gasteiger partial charge in [-0.3, -0.25) is 20.0 Å². The molecular weight excluding hydrogens is 476 g/mol. The van der Waals surface area contributed by atoms with Crippen molar-refractivity contribution in [2.24, 2.45) is 0 Å². The lowest BCUT2D eigenvalue weighted by molar-refractivity contribution is 0.0977. The number of nitrogens with one attached hydrogen (secondary N) is 1. The summed E-state index contributed by atoms with van der Waals surface area (Å²) in [4.78, 5) is 27.7. The fourth-order valence-corrected chi connectivity index (χ4v) is 4.62. The van der Waals surface area contributed by atoms with Crippen LogP contribution in [0.4, 0.5) is 17.1 Å². The SMILES string of the molecule is O=C1c2ccccc2C(=O)c2c1c(O)cc(Oc1ccccc1)c2N(Nc1ccccc1)c1ccccc1. The Kier molecular flexibility index (Phi) is 5.82. The van der Waals surface area contributed by atoms with Gasteiger partial charge in [-0.15, -0.1) is 0 Å². The summed E-state index contributed by atoms with van der Waals surface area (Å²) in [6.45, 7) is 0. The van der Waals surface area contributed by atoms with Crippen molar-refractivity contribution >= 4 is 28.6 Å². The minimum Gasteiger partial charge on any atom is -0.507 e. The molecule has 2 N–H and O–H groups in total. The van der Waals surface area contributed by atoms with Crippen LogP contribution in [0.25, 0.3) is 0 Å². The van der Waals surface area contributed by atoms with Crippen LogP contribution in [0.15, 0.2) is 121 Å². The molecule has 6 heteroatoms. The number of fused-ring (bicyclic) bond motifs is 2. The van der Waals surface area contributed by atoms with E-state index in [9.17, 15) is 14.7 Å². The molecule has 1 aliphatic carbocycles. The molecular formula is C32H22N2O4. The highest BCUT2D eigenvalue weighted by Crippen LogP contribution is 2.47. The molecule has 0 aliphatic heterocycles. The highest BCUT2D eigenvalue weighted by atomic mass is 16.5. The predicted octanol–water partition coefficient (Wildman–Crippen LogP) is 7.13. The summed E-state index contributed by atoms with van der Waals surface area (Å²) in [7, 11) is 0. The summed E-state index contributed by atoms with van der Waals surface area (Å²) in [5.74, 6) is -0.408. The standard InChI is InChI=1S/C32H22N2O4/c35-26-20-27(38-23-16-8-3-9-17-23)30(29-28(26)31(36)24-18-10-11-19-25(24)32(29)37)34(22-14-6-2-7-15-22)33-21-12-4-1-5-13-21/h1-20,33,35H. The second-order valence-electron chi connectivity index (χ2n) is 8.76. The van der Waals surface area contributed by atoms with Gasteiger partial charge in [0.25, 0.3) is 0 Å². The molecule has 184 valence electrons. The number of carbonyl (C=O) groups is 2. The summed E-state index contributed by atoms with van der Waals surface area (Å²) >= 11 is 0. The van der Waals surface area contributed by atoms with E-state index in [1.807, 2.05) is 78.9 Å². The summed E-state index contributed by atoms with van der Waals surface area (Å²) in [5, 5.41) is 12.8. The van der Waals surface area contributed by atoms with E-state index in [0.29, 0.717) is 17.1 Å². The number of phenolic OH excluding ortho intramolecular Hbond substituents is 1. The van der Waals surface area contributed by atoms with Crippen molar-refractivity contribution in [1.29, 1.82) is 0 Å². The number of aromatic hydroxyl groups is 1. The van der Waals surface area contributed by atoms with Crippen molar-refractivity contribution in [3.05, 3.63) is 144 Å².